The summed E-state index contributed by atoms with van der Waals surface area (Å²) in [6.45, 7) is 0. The molecule has 0 saturated carbocycles. The van der Waals surface area contributed by atoms with Crippen LogP contribution in [0.3, 0.4) is 0 Å². The summed E-state index contributed by atoms with van der Waals surface area (Å²) >= 11 is 1.61. The fourth-order valence-electron chi connectivity index (χ4n) is 1.35. The minimum absolute atomic E-state index is 0.591. The smallest absolute Gasteiger partial charge is 0.100 e. The van der Waals surface area contributed by atoms with E-state index in [-0.39, 0.29) is 0 Å². The summed E-state index contributed by atoms with van der Waals surface area (Å²) in [5.41, 5.74) is 1.33. The molecule has 0 amide bonds. The molecule has 2 rings (SSSR count). The predicted molar refractivity (Wildman–Crippen MR) is 78.4 cm³/mol. The van der Waals surface area contributed by atoms with Crippen molar-refractivity contribution >= 4 is 11.3 Å². The van der Waals surface area contributed by atoms with Crippen molar-refractivity contribution < 1.29 is 0 Å². The monoisotopic (exact) mass is 259 g/mol. The maximum atomic E-state index is 8.91. The highest BCUT2D eigenvalue weighted by Crippen LogP contribution is 2.05. The highest BCUT2D eigenvalue weighted by Gasteiger charge is 1.94. The summed E-state index contributed by atoms with van der Waals surface area (Å²) in [7, 11) is 0. The average Bonchev–Trinajstić information content (AvgIpc) is 2.96. The Morgan fingerprint density at radius 2 is 1.63 bits per heavy atom. The molecule has 0 unspecified atom stereocenters. The van der Waals surface area contributed by atoms with Gasteiger partial charge in [-0.05, 0) is 35.7 Å². The van der Waals surface area contributed by atoms with Gasteiger partial charge in [-0.1, -0.05) is 41.9 Å². The van der Waals surface area contributed by atoms with Gasteiger partial charge in [0.15, 0.2) is 0 Å². The zero-order valence-electron chi connectivity index (χ0n) is 10.1. The molecule has 0 aliphatic rings. The second-order valence-corrected chi connectivity index (χ2v) is 4.45. The van der Waals surface area contributed by atoms with E-state index < -0.39 is 0 Å². The topological polar surface area (TPSA) is 23.8 Å². The molecule has 0 aliphatic heterocycles. The van der Waals surface area contributed by atoms with Crippen molar-refractivity contribution in [2.45, 2.75) is 0 Å². The Balaban J connectivity index is 2.04. The van der Waals surface area contributed by atoms with Crippen LogP contribution in [-0.2, 0) is 0 Å². The van der Waals surface area contributed by atoms with Gasteiger partial charge in [0.1, 0.15) is 6.07 Å². The Morgan fingerprint density at radius 1 is 0.895 bits per heavy atom. The van der Waals surface area contributed by atoms with E-state index in [2.05, 4.69) is 29.8 Å². The summed E-state index contributed by atoms with van der Waals surface area (Å²) in [6, 6.07) is 13.3. The van der Waals surface area contributed by atoms with Crippen LogP contribution in [0.4, 0.5) is 0 Å². The van der Waals surface area contributed by atoms with E-state index in [1.54, 1.807) is 29.6 Å². The molecule has 0 radical (unpaired) electrons. The lowest BCUT2D eigenvalue weighted by molar-refractivity contribution is 1.47. The third kappa shape index (κ3) is 3.90. The number of rotatable bonds is 0. The van der Waals surface area contributed by atoms with Crippen LogP contribution in [0.1, 0.15) is 16.0 Å². The Bertz CT molecular complexity index is 738. The van der Waals surface area contributed by atoms with Gasteiger partial charge in [-0.25, -0.2) is 0 Å². The zero-order chi connectivity index (χ0) is 13.3. The van der Waals surface area contributed by atoms with Crippen molar-refractivity contribution in [3.63, 3.8) is 0 Å². The number of thiophene rings is 1. The van der Waals surface area contributed by atoms with E-state index >= 15 is 0 Å². The molecule has 19 heavy (non-hydrogen) atoms. The molecule has 0 atom stereocenters. The van der Waals surface area contributed by atoms with E-state index in [1.807, 2.05) is 35.7 Å². The maximum absolute atomic E-state index is 8.91. The first-order valence-corrected chi connectivity index (χ1v) is 6.49. The quantitative estimate of drug-likeness (QED) is 0.663. The number of hydrogen-bond donors (Lipinski definition) is 0. The van der Waals surface area contributed by atoms with Crippen LogP contribution in [0.2, 0.25) is 0 Å². The van der Waals surface area contributed by atoms with Gasteiger partial charge in [0.25, 0.3) is 0 Å². The summed E-state index contributed by atoms with van der Waals surface area (Å²) < 4.78 is 0. The fourth-order valence-corrected chi connectivity index (χ4v) is 1.93. The normalized spacial score (nSPS) is 9.00. The summed E-state index contributed by atoms with van der Waals surface area (Å²) in [4.78, 5) is 1.03. The van der Waals surface area contributed by atoms with Crippen LogP contribution in [-0.4, -0.2) is 0 Å². The Labute approximate surface area is 116 Å². The average molecular weight is 259 g/mol. The molecule has 0 spiro atoms. The number of allylic oxidation sites excluding steroid dienone is 2. The van der Waals surface area contributed by atoms with Crippen LogP contribution in [0, 0.1) is 35.0 Å². The van der Waals surface area contributed by atoms with Gasteiger partial charge >= 0.3 is 0 Å². The second-order valence-electron chi connectivity index (χ2n) is 3.51. The predicted octanol–water partition coefficient (Wildman–Crippen LogP) is 3.58. The minimum atomic E-state index is 0.591. The highest BCUT2D eigenvalue weighted by molar-refractivity contribution is 7.10. The molecule has 0 bridgehead atoms. The fraction of sp³-hybridized carbons (Fsp3) is 0. The molecule has 88 valence electrons. The molecule has 1 nitrogen and oxygen atoms in total. The molecule has 0 N–H and O–H groups in total. The first-order chi connectivity index (χ1) is 9.40. The number of hydrogen-bond acceptors (Lipinski definition) is 2. The molecule has 0 saturated heterocycles. The zero-order valence-corrected chi connectivity index (χ0v) is 10.9. The second kappa shape index (κ2) is 6.87. The first kappa shape index (κ1) is 12.7. The Hall–Kier alpha value is -2.73. The molecule has 0 fully saturated rings. The van der Waals surface area contributed by atoms with Crippen LogP contribution >= 0.6 is 11.3 Å². The standard InChI is InChI=1S/C17H9NS/c18-14-16-10-6-5-9-15(16)8-3-1-2-4-11-17-12-7-13-19-17/h1-2,5-7,9-10,12-13H/b2-1+. The molecule has 1 aromatic carbocycles. The largest absolute Gasteiger partial charge is 0.192 e. The van der Waals surface area contributed by atoms with Gasteiger partial charge in [-0.15, -0.1) is 11.3 Å². The lowest BCUT2D eigenvalue weighted by atomic mass is 10.1. The summed E-state index contributed by atoms with van der Waals surface area (Å²) in [5, 5.41) is 10.9. The van der Waals surface area contributed by atoms with Crippen molar-refractivity contribution in [1.29, 1.82) is 5.26 Å². The molecule has 2 aromatic rings. The van der Waals surface area contributed by atoms with Crippen molar-refractivity contribution in [2.24, 2.45) is 0 Å². The molecular formula is C17H9NS. The first-order valence-electron chi connectivity index (χ1n) is 5.61. The Kier molecular flexibility index (Phi) is 4.60. The van der Waals surface area contributed by atoms with Crippen molar-refractivity contribution in [3.05, 3.63) is 69.9 Å². The lowest BCUT2D eigenvalue weighted by Gasteiger charge is -1.91. The molecule has 0 aliphatic carbocycles. The van der Waals surface area contributed by atoms with Crippen LogP contribution in [0.5, 0.6) is 0 Å². The SMILES string of the molecule is N#Cc1ccccc1C#C/C=C/C#Cc1cccs1. The van der Waals surface area contributed by atoms with Crippen LogP contribution < -0.4 is 0 Å². The van der Waals surface area contributed by atoms with Crippen LogP contribution in [0.15, 0.2) is 53.9 Å². The van der Waals surface area contributed by atoms with Gasteiger partial charge in [-0.2, -0.15) is 5.26 Å². The van der Waals surface area contributed by atoms with E-state index in [1.165, 1.54) is 0 Å². The molecule has 1 aromatic heterocycles. The Morgan fingerprint density at radius 3 is 2.32 bits per heavy atom. The van der Waals surface area contributed by atoms with E-state index in [0.717, 1.165) is 10.4 Å². The third-order valence-electron chi connectivity index (χ3n) is 2.22. The van der Waals surface area contributed by atoms with Gasteiger partial charge in [0, 0.05) is 5.56 Å². The summed E-state index contributed by atoms with van der Waals surface area (Å²) in [5.74, 6) is 11.7. The lowest BCUT2D eigenvalue weighted by Crippen LogP contribution is -1.80. The van der Waals surface area contributed by atoms with Crippen molar-refractivity contribution in [2.75, 3.05) is 0 Å². The van der Waals surface area contributed by atoms with Crippen molar-refractivity contribution in [1.82, 2.24) is 0 Å². The van der Waals surface area contributed by atoms with E-state index in [4.69, 9.17) is 5.26 Å². The number of benzene rings is 1. The molecule has 2 heteroatoms. The third-order valence-corrected chi connectivity index (χ3v) is 3.01. The van der Waals surface area contributed by atoms with Crippen molar-refractivity contribution in [3.8, 4) is 29.8 Å². The van der Waals surface area contributed by atoms with Crippen LogP contribution in [0.25, 0.3) is 0 Å². The summed E-state index contributed by atoms with van der Waals surface area (Å²) in [6.07, 6.45) is 3.40. The van der Waals surface area contributed by atoms with E-state index in [0.29, 0.717) is 5.56 Å². The maximum Gasteiger partial charge on any atom is 0.100 e. The number of nitriles is 1. The van der Waals surface area contributed by atoms with Gasteiger partial charge in [0.05, 0.1) is 10.4 Å². The molecule has 1 heterocycles. The van der Waals surface area contributed by atoms with Gasteiger partial charge in [0.2, 0.25) is 0 Å². The van der Waals surface area contributed by atoms with E-state index in [9.17, 15) is 0 Å². The van der Waals surface area contributed by atoms with Gasteiger partial charge in [-0.3, -0.25) is 0 Å². The molecular weight excluding hydrogens is 250 g/mol. The highest BCUT2D eigenvalue weighted by atomic mass is 32.1. The number of nitrogens with zero attached hydrogens (tertiary/aromatic N) is 1. The van der Waals surface area contributed by atoms with Gasteiger partial charge < -0.3 is 0 Å². The minimum Gasteiger partial charge on any atom is -0.192 e.